The molecule has 0 aliphatic heterocycles. The smallest absolute Gasteiger partial charge is 0.241 e. The molecule has 0 aliphatic carbocycles. The van der Waals surface area contributed by atoms with Crippen molar-refractivity contribution in [2.75, 3.05) is 37.8 Å². The topological polar surface area (TPSA) is 70.1 Å². The van der Waals surface area contributed by atoms with Crippen LogP contribution in [0.3, 0.4) is 0 Å². The Morgan fingerprint density at radius 3 is 2.35 bits per heavy atom. The van der Waals surface area contributed by atoms with Gasteiger partial charge in [0.1, 0.15) is 18.0 Å². The van der Waals surface area contributed by atoms with E-state index in [0.29, 0.717) is 0 Å². The second-order valence-electron chi connectivity index (χ2n) is 5.21. The third-order valence-electron chi connectivity index (χ3n) is 2.91. The molecule has 6 nitrogen and oxygen atoms in total. The first kappa shape index (κ1) is 16.2. The molecule has 1 aromatic heterocycles. The highest BCUT2D eigenvalue weighted by Gasteiger charge is 2.15. The Kier molecular flexibility index (Phi) is 6.21. The molecule has 0 aromatic carbocycles. The van der Waals surface area contributed by atoms with Gasteiger partial charge in [-0.1, -0.05) is 20.8 Å². The van der Waals surface area contributed by atoms with Gasteiger partial charge in [-0.05, 0) is 12.3 Å². The van der Waals surface area contributed by atoms with Gasteiger partial charge in [0.05, 0.1) is 6.54 Å². The maximum absolute atomic E-state index is 11.7. The Balaban J connectivity index is 2.91. The number of amides is 1. The lowest BCUT2D eigenvalue weighted by molar-refractivity contribution is -0.126. The van der Waals surface area contributed by atoms with Crippen LogP contribution < -0.4 is 10.6 Å². The minimum atomic E-state index is 0.0152. The minimum Gasteiger partial charge on any atom is -0.370 e. The van der Waals surface area contributed by atoms with E-state index < -0.39 is 0 Å². The lowest BCUT2D eigenvalue weighted by atomic mass is 10.0. The van der Waals surface area contributed by atoms with Crippen LogP contribution in [-0.4, -0.2) is 48.0 Å². The Morgan fingerprint density at radius 1 is 1.25 bits per heavy atom. The fraction of sp³-hybridized carbons (Fsp3) is 0.643. The van der Waals surface area contributed by atoms with Gasteiger partial charge in [0.25, 0.3) is 0 Å². The second-order valence-corrected chi connectivity index (χ2v) is 5.21. The molecule has 20 heavy (non-hydrogen) atoms. The summed E-state index contributed by atoms with van der Waals surface area (Å²) in [7, 11) is 3.48. The van der Waals surface area contributed by atoms with E-state index in [9.17, 15) is 4.79 Å². The summed E-state index contributed by atoms with van der Waals surface area (Å²) in [5.74, 6) is 1.86. The number of aromatic nitrogens is 2. The zero-order valence-electron chi connectivity index (χ0n) is 13.0. The summed E-state index contributed by atoms with van der Waals surface area (Å²) in [6, 6.07) is 0. The molecule has 1 amide bonds. The van der Waals surface area contributed by atoms with Gasteiger partial charge < -0.3 is 15.5 Å². The third-order valence-corrected chi connectivity index (χ3v) is 2.91. The van der Waals surface area contributed by atoms with Crippen molar-refractivity contribution in [2.24, 2.45) is 0 Å². The van der Waals surface area contributed by atoms with Gasteiger partial charge in [0.15, 0.2) is 0 Å². The predicted octanol–water partition coefficient (Wildman–Crippen LogP) is 1.92. The van der Waals surface area contributed by atoms with E-state index in [1.165, 1.54) is 6.33 Å². The first-order valence-corrected chi connectivity index (χ1v) is 7.00. The number of carbonyl (C=O) groups is 1. The third kappa shape index (κ3) is 4.36. The molecular weight excluding hydrogens is 254 g/mol. The first-order chi connectivity index (χ1) is 9.47. The second kappa shape index (κ2) is 7.67. The van der Waals surface area contributed by atoms with Gasteiger partial charge in [0, 0.05) is 26.2 Å². The number of carbonyl (C=O) groups excluding carboxylic acids is 1. The zero-order chi connectivity index (χ0) is 15.1. The van der Waals surface area contributed by atoms with Crippen LogP contribution in [0.5, 0.6) is 0 Å². The van der Waals surface area contributed by atoms with Crippen LogP contribution in [-0.2, 0) is 4.79 Å². The molecule has 0 unspecified atom stereocenters. The summed E-state index contributed by atoms with van der Waals surface area (Å²) < 4.78 is 0. The van der Waals surface area contributed by atoms with Crippen LogP contribution in [0.1, 0.15) is 38.7 Å². The van der Waals surface area contributed by atoms with Crippen molar-refractivity contribution in [1.82, 2.24) is 14.9 Å². The van der Waals surface area contributed by atoms with E-state index in [1.807, 2.05) is 0 Å². The van der Waals surface area contributed by atoms with Crippen LogP contribution in [0.2, 0.25) is 0 Å². The monoisotopic (exact) mass is 279 g/mol. The van der Waals surface area contributed by atoms with Gasteiger partial charge in [-0.25, -0.2) is 9.97 Å². The molecule has 0 atom stereocenters. The number of likely N-dealkylation sites (N-methyl/N-ethyl adjacent to an activating group) is 1. The van der Waals surface area contributed by atoms with Gasteiger partial charge >= 0.3 is 0 Å². The first-order valence-electron chi connectivity index (χ1n) is 7.00. The van der Waals surface area contributed by atoms with Crippen molar-refractivity contribution in [1.29, 1.82) is 0 Å². The molecular formula is C14H25N5O. The number of hydrogen-bond donors (Lipinski definition) is 2. The quantitative estimate of drug-likeness (QED) is 0.798. The number of nitrogens with zero attached hydrogens (tertiary/aromatic N) is 3. The zero-order valence-corrected chi connectivity index (χ0v) is 13.0. The van der Waals surface area contributed by atoms with E-state index in [1.54, 1.807) is 19.0 Å². The van der Waals surface area contributed by atoms with Crippen molar-refractivity contribution in [3.05, 3.63) is 11.9 Å². The highest BCUT2D eigenvalue weighted by molar-refractivity contribution is 5.80. The Labute approximate surface area is 121 Å². The average Bonchev–Trinajstić information content (AvgIpc) is 2.41. The molecule has 0 fully saturated rings. The summed E-state index contributed by atoms with van der Waals surface area (Å²) in [4.78, 5) is 21.8. The van der Waals surface area contributed by atoms with Crippen LogP contribution in [0.25, 0.3) is 0 Å². The Morgan fingerprint density at radius 2 is 1.85 bits per heavy atom. The maximum atomic E-state index is 11.7. The fourth-order valence-corrected chi connectivity index (χ4v) is 1.79. The molecule has 0 saturated heterocycles. The molecule has 1 rings (SSSR count). The molecule has 0 spiro atoms. The van der Waals surface area contributed by atoms with E-state index in [0.717, 1.165) is 30.2 Å². The number of hydrogen-bond acceptors (Lipinski definition) is 5. The van der Waals surface area contributed by atoms with Crippen LogP contribution in [0.4, 0.5) is 11.6 Å². The van der Waals surface area contributed by atoms with Crippen molar-refractivity contribution >= 4 is 17.5 Å². The molecule has 0 saturated carbocycles. The van der Waals surface area contributed by atoms with E-state index in [2.05, 4.69) is 41.4 Å². The van der Waals surface area contributed by atoms with Gasteiger partial charge in [0.2, 0.25) is 5.91 Å². The van der Waals surface area contributed by atoms with Gasteiger partial charge in [-0.2, -0.15) is 0 Å². The largest absolute Gasteiger partial charge is 0.370 e. The van der Waals surface area contributed by atoms with Crippen LogP contribution in [0.15, 0.2) is 6.33 Å². The normalized spacial score (nSPS) is 10.5. The van der Waals surface area contributed by atoms with Gasteiger partial charge in [-0.15, -0.1) is 0 Å². The molecule has 0 bridgehead atoms. The maximum Gasteiger partial charge on any atom is 0.241 e. The molecule has 6 heteroatoms. The molecule has 0 aliphatic rings. The van der Waals surface area contributed by atoms with E-state index in [4.69, 9.17) is 0 Å². The summed E-state index contributed by atoms with van der Waals surface area (Å²) in [5.41, 5.74) is 1.02. The molecule has 112 valence electrons. The lowest BCUT2D eigenvalue weighted by Gasteiger charge is -2.18. The highest BCUT2D eigenvalue weighted by Crippen LogP contribution is 2.28. The van der Waals surface area contributed by atoms with Gasteiger partial charge in [-0.3, -0.25) is 4.79 Å². The Hall–Kier alpha value is -1.85. The van der Waals surface area contributed by atoms with Crippen molar-refractivity contribution < 1.29 is 4.79 Å². The molecule has 1 heterocycles. The van der Waals surface area contributed by atoms with Crippen molar-refractivity contribution in [3.63, 3.8) is 0 Å². The molecule has 1 aromatic rings. The highest BCUT2D eigenvalue weighted by atomic mass is 16.2. The summed E-state index contributed by atoms with van der Waals surface area (Å²) >= 11 is 0. The summed E-state index contributed by atoms with van der Waals surface area (Å²) in [6.07, 6.45) is 2.55. The van der Waals surface area contributed by atoms with Crippen LogP contribution >= 0.6 is 0 Å². The fourth-order valence-electron chi connectivity index (χ4n) is 1.79. The predicted molar refractivity (Wildman–Crippen MR) is 82.1 cm³/mol. The number of rotatable bonds is 7. The average molecular weight is 279 g/mol. The standard InChI is InChI=1S/C14H25N5O/c1-6-7-15-13-12(10(2)3)14(18-9-17-13)16-8-11(20)19(4)5/h9-10H,6-8H2,1-5H3,(H2,15,16,17,18). The SMILES string of the molecule is CCCNc1ncnc(NCC(=O)N(C)C)c1C(C)C. The summed E-state index contributed by atoms with van der Waals surface area (Å²) in [6.45, 7) is 7.39. The number of nitrogens with one attached hydrogen (secondary N) is 2. The Bertz CT molecular complexity index is 445. The lowest BCUT2D eigenvalue weighted by Crippen LogP contribution is -2.29. The number of anilines is 2. The minimum absolute atomic E-state index is 0.0152. The van der Waals surface area contributed by atoms with E-state index in [-0.39, 0.29) is 18.4 Å². The van der Waals surface area contributed by atoms with Crippen molar-refractivity contribution in [2.45, 2.75) is 33.1 Å². The summed E-state index contributed by atoms with van der Waals surface area (Å²) in [5, 5.41) is 6.42. The van der Waals surface area contributed by atoms with Crippen LogP contribution in [0, 0.1) is 0 Å². The van der Waals surface area contributed by atoms with Crippen molar-refractivity contribution in [3.8, 4) is 0 Å². The molecule has 0 radical (unpaired) electrons. The van der Waals surface area contributed by atoms with E-state index >= 15 is 0 Å². The molecule has 2 N–H and O–H groups in total.